The lowest BCUT2D eigenvalue weighted by Crippen LogP contribution is -2.17. The summed E-state index contributed by atoms with van der Waals surface area (Å²) in [7, 11) is 0. The van der Waals surface area contributed by atoms with Gasteiger partial charge in [0.1, 0.15) is 0 Å². The minimum absolute atomic E-state index is 0.232. The molecule has 1 amide bonds. The van der Waals surface area contributed by atoms with Gasteiger partial charge in [0.15, 0.2) is 5.69 Å². The van der Waals surface area contributed by atoms with Crippen LogP contribution < -0.4 is 5.32 Å². The number of aryl methyl sites for hydroxylation is 1. The fraction of sp³-hybridized carbons (Fsp3) is 0.318. The fourth-order valence-corrected chi connectivity index (χ4v) is 3.13. The zero-order chi connectivity index (χ0) is 19.6. The van der Waals surface area contributed by atoms with E-state index in [0.717, 1.165) is 22.5 Å². The molecule has 0 saturated heterocycles. The Kier molecular flexibility index (Phi) is 5.40. The number of amides is 1. The molecule has 0 bridgehead atoms. The summed E-state index contributed by atoms with van der Waals surface area (Å²) in [5.41, 5.74) is 4.91. The van der Waals surface area contributed by atoms with Crippen LogP contribution in [-0.4, -0.2) is 20.9 Å². The first-order valence-corrected chi connectivity index (χ1v) is 9.32. The van der Waals surface area contributed by atoms with Gasteiger partial charge in [0.2, 0.25) is 0 Å². The van der Waals surface area contributed by atoms with Crippen molar-refractivity contribution in [2.24, 2.45) is 0 Å². The lowest BCUT2D eigenvalue weighted by atomic mass is 9.92. The molecular formula is C22H26N4O. The molecule has 0 saturated carbocycles. The first kappa shape index (κ1) is 18.8. The summed E-state index contributed by atoms with van der Waals surface area (Å²) in [4.78, 5) is 14.5. The van der Waals surface area contributed by atoms with Crippen LogP contribution in [0.4, 0.5) is 5.69 Å². The van der Waals surface area contributed by atoms with E-state index >= 15 is 0 Å². The number of carbonyl (C=O) groups is 1. The van der Waals surface area contributed by atoms with E-state index in [4.69, 9.17) is 0 Å². The Morgan fingerprint density at radius 3 is 2.04 bits per heavy atom. The van der Waals surface area contributed by atoms with Crippen molar-refractivity contribution in [2.45, 2.75) is 46.5 Å². The number of nitrogens with one attached hydrogen (secondary N) is 1. The summed E-state index contributed by atoms with van der Waals surface area (Å²) in [5.74, 6) is 0.380. The van der Waals surface area contributed by atoms with Crippen molar-refractivity contribution in [3.05, 3.63) is 71.0 Å². The summed E-state index contributed by atoms with van der Waals surface area (Å²) in [6.07, 6.45) is 0. The molecule has 27 heavy (non-hydrogen) atoms. The molecule has 2 aromatic carbocycles. The Bertz CT molecular complexity index is 916. The van der Waals surface area contributed by atoms with E-state index in [1.807, 2.05) is 30.3 Å². The van der Waals surface area contributed by atoms with Crippen molar-refractivity contribution in [2.75, 3.05) is 5.32 Å². The summed E-state index contributed by atoms with van der Waals surface area (Å²) >= 11 is 0. The second kappa shape index (κ2) is 7.74. The lowest BCUT2D eigenvalue weighted by molar-refractivity contribution is 0.102. The van der Waals surface area contributed by atoms with Gasteiger partial charge in [-0.3, -0.25) is 4.79 Å². The van der Waals surface area contributed by atoms with Crippen LogP contribution in [0, 0.1) is 6.92 Å². The molecule has 140 valence electrons. The summed E-state index contributed by atoms with van der Waals surface area (Å²) in [6, 6.07) is 15.8. The van der Waals surface area contributed by atoms with Gasteiger partial charge in [-0.25, -0.2) is 0 Å². The van der Waals surface area contributed by atoms with E-state index in [-0.39, 0.29) is 5.91 Å². The molecule has 0 fully saturated rings. The van der Waals surface area contributed by atoms with E-state index in [0.29, 0.717) is 23.2 Å². The van der Waals surface area contributed by atoms with Gasteiger partial charge in [0.25, 0.3) is 5.91 Å². The number of hydrogen-bond acceptors (Lipinski definition) is 3. The Hall–Kier alpha value is -2.95. The highest BCUT2D eigenvalue weighted by molar-refractivity contribution is 6.04. The van der Waals surface area contributed by atoms with E-state index in [1.54, 1.807) is 6.92 Å². The molecule has 0 aliphatic carbocycles. The van der Waals surface area contributed by atoms with Crippen molar-refractivity contribution in [3.8, 4) is 5.69 Å². The van der Waals surface area contributed by atoms with Gasteiger partial charge in [0.05, 0.1) is 11.4 Å². The molecule has 0 aliphatic rings. The predicted octanol–water partition coefficient (Wildman–Crippen LogP) is 5.07. The molecule has 3 rings (SSSR count). The van der Waals surface area contributed by atoms with Crippen molar-refractivity contribution in [3.63, 3.8) is 0 Å². The molecule has 5 heteroatoms. The average molecular weight is 362 g/mol. The second-order valence-corrected chi connectivity index (χ2v) is 7.33. The highest BCUT2D eigenvalue weighted by atomic mass is 16.2. The van der Waals surface area contributed by atoms with Crippen molar-refractivity contribution < 1.29 is 4.79 Å². The monoisotopic (exact) mass is 362 g/mol. The Balaban J connectivity index is 1.96. The number of aromatic nitrogens is 3. The maximum absolute atomic E-state index is 13.0. The number of rotatable bonds is 5. The highest BCUT2D eigenvalue weighted by Crippen LogP contribution is 2.32. The Labute approximate surface area is 160 Å². The van der Waals surface area contributed by atoms with Crippen LogP contribution in [0.15, 0.2) is 48.5 Å². The van der Waals surface area contributed by atoms with Gasteiger partial charge in [-0.2, -0.15) is 9.90 Å². The topological polar surface area (TPSA) is 59.8 Å². The molecule has 0 spiro atoms. The molecule has 3 aromatic rings. The van der Waals surface area contributed by atoms with E-state index < -0.39 is 0 Å². The van der Waals surface area contributed by atoms with Crippen LogP contribution in [-0.2, 0) is 0 Å². The standard InChI is InChI=1S/C22H26N4O/c1-14(2)18-12-9-13-19(15(3)4)21(18)23-22(27)20-16(5)24-26(25-20)17-10-7-6-8-11-17/h6-15H,1-5H3,(H,23,27). The zero-order valence-electron chi connectivity index (χ0n) is 16.5. The number of para-hydroxylation sites is 2. The van der Waals surface area contributed by atoms with E-state index in [2.05, 4.69) is 61.4 Å². The summed E-state index contributed by atoms with van der Waals surface area (Å²) < 4.78 is 0. The predicted molar refractivity (Wildman–Crippen MR) is 109 cm³/mol. The third-order valence-corrected chi connectivity index (χ3v) is 4.60. The molecule has 1 aromatic heterocycles. The molecule has 1 heterocycles. The smallest absolute Gasteiger partial charge is 0.278 e. The first-order valence-electron chi connectivity index (χ1n) is 9.32. The van der Waals surface area contributed by atoms with Crippen LogP contribution in [0.2, 0.25) is 0 Å². The molecule has 0 atom stereocenters. The molecule has 0 radical (unpaired) electrons. The van der Waals surface area contributed by atoms with Crippen LogP contribution in [0.25, 0.3) is 5.69 Å². The Morgan fingerprint density at radius 1 is 0.889 bits per heavy atom. The molecule has 5 nitrogen and oxygen atoms in total. The quantitative estimate of drug-likeness (QED) is 0.689. The maximum Gasteiger partial charge on any atom is 0.278 e. The SMILES string of the molecule is Cc1nn(-c2ccccc2)nc1C(=O)Nc1c(C(C)C)cccc1C(C)C. The minimum atomic E-state index is -0.232. The first-order chi connectivity index (χ1) is 12.9. The van der Waals surface area contributed by atoms with Gasteiger partial charge in [-0.1, -0.05) is 64.1 Å². The lowest BCUT2D eigenvalue weighted by Gasteiger charge is -2.19. The number of carbonyl (C=O) groups excluding carboxylic acids is 1. The molecule has 0 aliphatic heterocycles. The van der Waals surface area contributed by atoms with Crippen LogP contribution in [0.3, 0.4) is 0 Å². The third kappa shape index (κ3) is 3.92. The van der Waals surface area contributed by atoms with Gasteiger partial charge in [0, 0.05) is 5.69 Å². The van der Waals surface area contributed by atoms with E-state index in [1.165, 1.54) is 4.80 Å². The van der Waals surface area contributed by atoms with Gasteiger partial charge >= 0.3 is 0 Å². The van der Waals surface area contributed by atoms with Crippen LogP contribution >= 0.6 is 0 Å². The highest BCUT2D eigenvalue weighted by Gasteiger charge is 2.21. The third-order valence-electron chi connectivity index (χ3n) is 4.60. The molecule has 1 N–H and O–H groups in total. The van der Waals surface area contributed by atoms with Gasteiger partial charge < -0.3 is 5.32 Å². The largest absolute Gasteiger partial charge is 0.320 e. The average Bonchev–Trinajstić information content (AvgIpc) is 3.04. The van der Waals surface area contributed by atoms with Crippen molar-refractivity contribution in [1.29, 1.82) is 0 Å². The molecule has 0 unspecified atom stereocenters. The normalized spacial score (nSPS) is 11.2. The van der Waals surface area contributed by atoms with Crippen LogP contribution in [0.5, 0.6) is 0 Å². The minimum Gasteiger partial charge on any atom is -0.320 e. The number of hydrogen-bond donors (Lipinski definition) is 1. The zero-order valence-corrected chi connectivity index (χ0v) is 16.5. The summed E-state index contributed by atoms with van der Waals surface area (Å²) in [6.45, 7) is 10.3. The fourth-order valence-electron chi connectivity index (χ4n) is 3.13. The van der Waals surface area contributed by atoms with Crippen molar-refractivity contribution >= 4 is 11.6 Å². The summed E-state index contributed by atoms with van der Waals surface area (Å²) in [5, 5.41) is 11.9. The maximum atomic E-state index is 13.0. The number of nitrogens with zero attached hydrogens (tertiary/aromatic N) is 3. The number of benzene rings is 2. The Morgan fingerprint density at radius 2 is 1.48 bits per heavy atom. The second-order valence-electron chi connectivity index (χ2n) is 7.33. The van der Waals surface area contributed by atoms with Gasteiger partial charge in [-0.05, 0) is 42.0 Å². The van der Waals surface area contributed by atoms with Crippen molar-refractivity contribution in [1.82, 2.24) is 15.0 Å². The van der Waals surface area contributed by atoms with Gasteiger partial charge in [-0.15, -0.1) is 5.10 Å². The van der Waals surface area contributed by atoms with E-state index in [9.17, 15) is 4.79 Å². The van der Waals surface area contributed by atoms with Crippen LogP contribution in [0.1, 0.15) is 66.8 Å². The number of anilines is 1. The molecular weight excluding hydrogens is 336 g/mol.